The molecular formula is C13H14ClN5O2. The van der Waals surface area contributed by atoms with E-state index in [1.807, 2.05) is 0 Å². The van der Waals surface area contributed by atoms with Gasteiger partial charge in [0.15, 0.2) is 0 Å². The molecule has 1 aromatic heterocycles. The maximum Gasteiger partial charge on any atom is 0.290 e. The lowest BCUT2D eigenvalue weighted by Gasteiger charge is -2.26. The van der Waals surface area contributed by atoms with Crippen LogP contribution in [-0.2, 0) is 6.54 Å². The van der Waals surface area contributed by atoms with Gasteiger partial charge >= 0.3 is 0 Å². The second kappa shape index (κ2) is 5.42. The number of nitro groups is 1. The van der Waals surface area contributed by atoms with E-state index in [1.54, 1.807) is 10.7 Å². The monoisotopic (exact) mass is 307 g/mol. The van der Waals surface area contributed by atoms with Crippen molar-refractivity contribution in [2.75, 3.05) is 0 Å². The number of halogens is 1. The summed E-state index contributed by atoms with van der Waals surface area (Å²) < 4.78 is 1.65. The van der Waals surface area contributed by atoms with E-state index in [1.165, 1.54) is 18.6 Å². The molecule has 1 aromatic carbocycles. The molecule has 0 radical (unpaired) electrons. The molecule has 0 saturated heterocycles. The Morgan fingerprint density at radius 2 is 2.24 bits per heavy atom. The van der Waals surface area contributed by atoms with Crippen LogP contribution in [0, 0.1) is 10.1 Å². The number of hydrogen-bond donors (Lipinski definition) is 1. The van der Waals surface area contributed by atoms with Gasteiger partial charge in [0.05, 0.1) is 16.3 Å². The number of nitrogens with two attached hydrogens (primary N) is 1. The summed E-state index contributed by atoms with van der Waals surface area (Å²) in [6.07, 6.45) is 3.30. The van der Waals surface area contributed by atoms with Gasteiger partial charge in [0.2, 0.25) is 0 Å². The maximum absolute atomic E-state index is 11.0. The number of aromatic nitrogens is 3. The van der Waals surface area contributed by atoms with E-state index in [9.17, 15) is 10.1 Å². The van der Waals surface area contributed by atoms with E-state index in [0.29, 0.717) is 18.2 Å². The van der Waals surface area contributed by atoms with Crippen LogP contribution in [0.1, 0.15) is 36.6 Å². The molecule has 2 N–H and O–H groups in total. The maximum atomic E-state index is 11.0. The number of rotatable bonds is 4. The third-order valence-corrected chi connectivity index (χ3v) is 4.15. The number of nitro benzene ring substituents is 1. The van der Waals surface area contributed by atoms with Crippen molar-refractivity contribution in [1.82, 2.24) is 15.0 Å². The molecule has 0 atom stereocenters. The summed E-state index contributed by atoms with van der Waals surface area (Å²) >= 11 is 5.84. The van der Waals surface area contributed by atoms with E-state index in [2.05, 4.69) is 10.3 Å². The van der Waals surface area contributed by atoms with Crippen molar-refractivity contribution in [1.29, 1.82) is 0 Å². The second-order valence-electron chi connectivity index (χ2n) is 5.06. The summed E-state index contributed by atoms with van der Waals surface area (Å²) in [5.41, 5.74) is 7.87. The van der Waals surface area contributed by atoms with Gasteiger partial charge in [-0.15, -0.1) is 5.10 Å². The van der Waals surface area contributed by atoms with Gasteiger partial charge in [-0.1, -0.05) is 23.2 Å². The number of nitrogens with zero attached hydrogens (tertiary/aromatic N) is 4. The van der Waals surface area contributed by atoms with Crippen LogP contribution in [0.3, 0.4) is 0 Å². The van der Waals surface area contributed by atoms with Crippen molar-refractivity contribution in [3.63, 3.8) is 0 Å². The van der Waals surface area contributed by atoms with E-state index < -0.39 is 4.92 Å². The quantitative estimate of drug-likeness (QED) is 0.691. The fraction of sp³-hybridized carbons (Fsp3) is 0.385. The lowest BCUT2D eigenvalue weighted by molar-refractivity contribution is -0.384. The van der Waals surface area contributed by atoms with Gasteiger partial charge in [-0.05, 0) is 25.0 Å². The van der Waals surface area contributed by atoms with Crippen molar-refractivity contribution in [2.45, 2.75) is 31.7 Å². The lowest BCUT2D eigenvalue weighted by atomic mass is 9.82. The molecule has 0 spiro atoms. The Balaban J connectivity index is 2.10. The highest BCUT2D eigenvalue weighted by atomic mass is 35.5. The SMILES string of the molecule is NCc1nnn(-c2ccc(Cl)c([N+](=O)[O-])c2)c1C1CCC1. The van der Waals surface area contributed by atoms with Gasteiger partial charge in [-0.2, -0.15) is 0 Å². The van der Waals surface area contributed by atoms with Crippen LogP contribution >= 0.6 is 11.6 Å². The molecule has 0 bridgehead atoms. The average molecular weight is 308 g/mol. The van der Waals surface area contributed by atoms with Gasteiger partial charge in [0.1, 0.15) is 10.7 Å². The van der Waals surface area contributed by atoms with Crippen molar-refractivity contribution >= 4 is 17.3 Å². The predicted molar refractivity (Wildman–Crippen MR) is 77.5 cm³/mol. The molecule has 110 valence electrons. The molecule has 2 aromatic rings. The van der Waals surface area contributed by atoms with Crippen LogP contribution in [0.2, 0.25) is 5.02 Å². The largest absolute Gasteiger partial charge is 0.325 e. The van der Waals surface area contributed by atoms with Crippen LogP contribution in [0.5, 0.6) is 0 Å². The number of hydrogen-bond acceptors (Lipinski definition) is 5. The molecule has 0 aliphatic heterocycles. The van der Waals surface area contributed by atoms with Gasteiger partial charge < -0.3 is 5.73 Å². The Kier molecular flexibility index (Phi) is 3.60. The summed E-state index contributed by atoms with van der Waals surface area (Å²) in [6, 6.07) is 4.62. The Morgan fingerprint density at radius 1 is 1.48 bits per heavy atom. The average Bonchev–Trinajstić information content (AvgIpc) is 2.81. The summed E-state index contributed by atoms with van der Waals surface area (Å²) in [7, 11) is 0. The Labute approximate surface area is 125 Å². The standard InChI is InChI=1S/C13H14ClN5O2/c14-10-5-4-9(6-12(10)19(20)21)18-13(8-2-1-3-8)11(7-15)16-17-18/h4-6,8H,1-3,7,15H2. The first-order chi connectivity index (χ1) is 10.1. The minimum absolute atomic E-state index is 0.105. The van der Waals surface area contributed by atoms with Crippen LogP contribution < -0.4 is 5.73 Å². The Bertz CT molecular complexity index is 696. The molecule has 0 amide bonds. The highest BCUT2D eigenvalue weighted by Gasteiger charge is 2.28. The summed E-state index contributed by atoms with van der Waals surface area (Å²) in [4.78, 5) is 10.5. The zero-order valence-electron chi connectivity index (χ0n) is 11.2. The summed E-state index contributed by atoms with van der Waals surface area (Å²) in [6.45, 7) is 0.307. The summed E-state index contributed by atoms with van der Waals surface area (Å²) in [5, 5.41) is 19.3. The highest BCUT2D eigenvalue weighted by Crippen LogP contribution is 2.38. The first-order valence-electron chi connectivity index (χ1n) is 6.70. The normalized spacial score (nSPS) is 15.0. The number of benzene rings is 1. The zero-order chi connectivity index (χ0) is 15.0. The molecule has 1 heterocycles. The molecule has 21 heavy (non-hydrogen) atoms. The van der Waals surface area contributed by atoms with Gasteiger partial charge in [-0.3, -0.25) is 10.1 Å². The minimum Gasteiger partial charge on any atom is -0.325 e. The first kappa shape index (κ1) is 14.0. The zero-order valence-corrected chi connectivity index (χ0v) is 12.0. The Morgan fingerprint density at radius 3 is 2.81 bits per heavy atom. The van der Waals surface area contributed by atoms with Gasteiger partial charge in [0, 0.05) is 18.5 Å². The second-order valence-corrected chi connectivity index (χ2v) is 5.47. The van der Waals surface area contributed by atoms with Crippen LogP contribution in [0.4, 0.5) is 5.69 Å². The summed E-state index contributed by atoms with van der Waals surface area (Å²) in [5.74, 6) is 0.369. The smallest absolute Gasteiger partial charge is 0.290 e. The molecule has 7 nitrogen and oxygen atoms in total. The topological polar surface area (TPSA) is 99.9 Å². The minimum atomic E-state index is -0.504. The fourth-order valence-corrected chi connectivity index (χ4v) is 2.71. The third kappa shape index (κ3) is 2.38. The molecular weight excluding hydrogens is 294 g/mol. The molecule has 1 aliphatic carbocycles. The van der Waals surface area contributed by atoms with Crippen molar-refractivity contribution in [3.8, 4) is 5.69 Å². The molecule has 1 saturated carbocycles. The van der Waals surface area contributed by atoms with Crippen molar-refractivity contribution in [2.24, 2.45) is 5.73 Å². The van der Waals surface area contributed by atoms with Gasteiger partial charge in [-0.25, -0.2) is 4.68 Å². The molecule has 8 heteroatoms. The van der Waals surface area contributed by atoms with Crippen LogP contribution in [-0.4, -0.2) is 19.9 Å². The van der Waals surface area contributed by atoms with Crippen molar-refractivity contribution < 1.29 is 4.92 Å². The fourth-order valence-electron chi connectivity index (χ4n) is 2.52. The lowest BCUT2D eigenvalue weighted by Crippen LogP contribution is -2.17. The molecule has 0 unspecified atom stereocenters. The van der Waals surface area contributed by atoms with E-state index >= 15 is 0 Å². The van der Waals surface area contributed by atoms with Gasteiger partial charge in [0.25, 0.3) is 5.69 Å². The molecule has 1 aliphatic rings. The van der Waals surface area contributed by atoms with Crippen LogP contribution in [0.15, 0.2) is 18.2 Å². The molecule has 1 fully saturated rings. The van der Waals surface area contributed by atoms with E-state index in [0.717, 1.165) is 24.2 Å². The first-order valence-corrected chi connectivity index (χ1v) is 7.08. The third-order valence-electron chi connectivity index (χ3n) is 3.83. The Hall–Kier alpha value is -1.99. The highest BCUT2D eigenvalue weighted by molar-refractivity contribution is 6.32. The molecule has 3 rings (SSSR count). The van der Waals surface area contributed by atoms with Crippen LogP contribution in [0.25, 0.3) is 5.69 Å². The van der Waals surface area contributed by atoms with E-state index in [-0.39, 0.29) is 10.7 Å². The van der Waals surface area contributed by atoms with Crippen molar-refractivity contribution in [3.05, 3.63) is 44.7 Å². The predicted octanol–water partition coefficient (Wildman–Crippen LogP) is 2.56. The van der Waals surface area contributed by atoms with E-state index in [4.69, 9.17) is 17.3 Å².